The van der Waals surface area contributed by atoms with Crippen LogP contribution in [0.1, 0.15) is 29.5 Å². The lowest BCUT2D eigenvalue weighted by atomic mass is 10.1. The molecule has 0 aromatic heterocycles. The third kappa shape index (κ3) is 3.49. The number of benzene rings is 2. The van der Waals surface area contributed by atoms with Crippen molar-refractivity contribution in [3.8, 4) is 0 Å². The molecule has 1 fully saturated rings. The number of fused-ring (bicyclic) bond motifs is 1. The monoisotopic (exact) mass is 372 g/mol. The van der Waals surface area contributed by atoms with E-state index in [1.54, 1.807) is 16.4 Å². The molecule has 1 N–H and O–H groups in total. The van der Waals surface area contributed by atoms with Crippen LogP contribution in [-0.2, 0) is 28.0 Å². The lowest BCUT2D eigenvalue weighted by Gasteiger charge is -2.32. The Hall–Kier alpha value is -1.89. The highest BCUT2D eigenvalue weighted by Crippen LogP contribution is 2.27. The number of nitrogens with one attached hydrogen (secondary N) is 1. The van der Waals surface area contributed by atoms with Gasteiger partial charge in [-0.15, -0.1) is 0 Å². The maximum absolute atomic E-state index is 13.0. The Morgan fingerprint density at radius 3 is 2.58 bits per heavy atom. The number of piperidine rings is 1. The van der Waals surface area contributed by atoms with Crippen LogP contribution >= 0.6 is 0 Å². The molecular formula is C20H24N2O3S. The van der Waals surface area contributed by atoms with Crippen LogP contribution in [0.4, 0.5) is 5.69 Å². The topological polar surface area (TPSA) is 58.6 Å². The Bertz CT molecular complexity index is 903. The molecule has 2 aromatic rings. The lowest BCUT2D eigenvalue weighted by molar-refractivity contribution is 0.134. The molecule has 4 rings (SSSR count). The zero-order valence-corrected chi connectivity index (χ0v) is 15.8. The van der Waals surface area contributed by atoms with Gasteiger partial charge in [-0.1, -0.05) is 18.2 Å². The summed E-state index contributed by atoms with van der Waals surface area (Å²) in [6, 6.07) is 13.9. The molecule has 138 valence electrons. The van der Waals surface area contributed by atoms with Crippen molar-refractivity contribution in [2.45, 2.75) is 43.9 Å². The van der Waals surface area contributed by atoms with Crippen molar-refractivity contribution in [2.24, 2.45) is 0 Å². The molecule has 5 nitrogen and oxygen atoms in total. The SMILES string of the molecule is Cc1cccc(NC2CCN(S(=O)(=O)c3ccc4c(c3)COC4)CC2)c1. The average Bonchev–Trinajstić information content (AvgIpc) is 3.10. The van der Waals surface area contributed by atoms with Crippen LogP contribution in [0.25, 0.3) is 0 Å². The molecule has 1 saturated heterocycles. The standard InChI is InChI=1S/C20H24N2O3S/c1-15-3-2-4-19(11-15)21-18-7-9-22(10-8-18)26(23,24)20-6-5-16-13-25-14-17(16)12-20/h2-6,11-12,18,21H,7-10,13-14H2,1H3. The van der Waals surface area contributed by atoms with Gasteiger partial charge in [0.1, 0.15) is 0 Å². The number of ether oxygens (including phenoxy) is 1. The van der Waals surface area contributed by atoms with Crippen molar-refractivity contribution in [3.05, 3.63) is 59.2 Å². The first-order chi connectivity index (χ1) is 12.5. The van der Waals surface area contributed by atoms with Gasteiger partial charge < -0.3 is 10.1 Å². The fraction of sp³-hybridized carbons (Fsp3) is 0.400. The van der Waals surface area contributed by atoms with Gasteiger partial charge in [-0.3, -0.25) is 0 Å². The van der Waals surface area contributed by atoms with Crippen LogP contribution in [0.3, 0.4) is 0 Å². The van der Waals surface area contributed by atoms with Crippen molar-refractivity contribution in [3.63, 3.8) is 0 Å². The molecule has 0 spiro atoms. The largest absolute Gasteiger partial charge is 0.382 e. The molecule has 0 amide bonds. The highest BCUT2D eigenvalue weighted by Gasteiger charge is 2.30. The molecule has 0 unspecified atom stereocenters. The van der Waals surface area contributed by atoms with Crippen LogP contribution in [0.15, 0.2) is 47.4 Å². The first-order valence-electron chi connectivity index (χ1n) is 9.05. The summed E-state index contributed by atoms with van der Waals surface area (Å²) in [4.78, 5) is 0.381. The third-order valence-electron chi connectivity index (χ3n) is 5.17. The van der Waals surface area contributed by atoms with Gasteiger partial charge in [-0.25, -0.2) is 8.42 Å². The Morgan fingerprint density at radius 1 is 1.04 bits per heavy atom. The van der Waals surface area contributed by atoms with E-state index in [9.17, 15) is 8.42 Å². The maximum Gasteiger partial charge on any atom is 0.243 e. The molecule has 0 radical (unpaired) electrons. The Balaban J connectivity index is 1.42. The van der Waals surface area contributed by atoms with Crippen LogP contribution in [0.2, 0.25) is 0 Å². The summed E-state index contributed by atoms with van der Waals surface area (Å²) in [5, 5.41) is 3.53. The summed E-state index contributed by atoms with van der Waals surface area (Å²) in [7, 11) is -3.44. The molecule has 0 atom stereocenters. The summed E-state index contributed by atoms with van der Waals surface area (Å²) in [6.45, 7) is 4.23. The molecule has 0 bridgehead atoms. The van der Waals surface area contributed by atoms with Gasteiger partial charge in [0.15, 0.2) is 0 Å². The summed E-state index contributed by atoms with van der Waals surface area (Å²) in [5.41, 5.74) is 4.40. The number of rotatable bonds is 4. The van der Waals surface area contributed by atoms with E-state index >= 15 is 0 Å². The van der Waals surface area contributed by atoms with E-state index in [0.717, 1.165) is 29.7 Å². The highest BCUT2D eigenvalue weighted by molar-refractivity contribution is 7.89. The normalized spacial score (nSPS) is 18.7. The fourth-order valence-electron chi connectivity index (χ4n) is 3.67. The number of anilines is 1. The van der Waals surface area contributed by atoms with Crippen LogP contribution < -0.4 is 5.32 Å². The quantitative estimate of drug-likeness (QED) is 0.895. The number of aryl methyl sites for hydroxylation is 1. The summed E-state index contributed by atoms with van der Waals surface area (Å²) < 4.78 is 32.9. The van der Waals surface area contributed by atoms with Gasteiger partial charge in [0.05, 0.1) is 18.1 Å². The van der Waals surface area contributed by atoms with Crippen LogP contribution in [0.5, 0.6) is 0 Å². The maximum atomic E-state index is 13.0. The number of hydrogen-bond donors (Lipinski definition) is 1. The van der Waals surface area contributed by atoms with E-state index in [1.165, 1.54) is 5.56 Å². The van der Waals surface area contributed by atoms with E-state index < -0.39 is 10.0 Å². The molecule has 2 aromatic carbocycles. The Labute approximate surface area is 155 Å². The smallest absolute Gasteiger partial charge is 0.243 e. The molecule has 2 aliphatic heterocycles. The Kier molecular flexibility index (Phi) is 4.73. The second-order valence-corrected chi connectivity index (χ2v) is 9.05. The number of nitrogens with zero attached hydrogens (tertiary/aromatic N) is 1. The third-order valence-corrected chi connectivity index (χ3v) is 7.07. The van der Waals surface area contributed by atoms with E-state index in [2.05, 4.69) is 30.4 Å². The molecule has 2 heterocycles. The predicted molar refractivity (Wildman–Crippen MR) is 102 cm³/mol. The minimum Gasteiger partial charge on any atom is -0.382 e. The molecule has 0 saturated carbocycles. The van der Waals surface area contributed by atoms with Crippen molar-refractivity contribution in [1.29, 1.82) is 0 Å². The minimum atomic E-state index is -3.44. The van der Waals surface area contributed by atoms with Gasteiger partial charge in [0.25, 0.3) is 0 Å². The summed E-state index contributed by atoms with van der Waals surface area (Å²) in [6.07, 6.45) is 1.61. The first kappa shape index (κ1) is 17.5. The van der Waals surface area contributed by atoms with E-state index in [4.69, 9.17) is 4.74 Å². The second kappa shape index (κ2) is 7.02. The van der Waals surface area contributed by atoms with E-state index in [0.29, 0.717) is 37.2 Å². The summed E-state index contributed by atoms with van der Waals surface area (Å²) >= 11 is 0. The molecule has 0 aliphatic carbocycles. The fourth-order valence-corrected chi connectivity index (χ4v) is 5.19. The van der Waals surface area contributed by atoms with Gasteiger partial charge in [0.2, 0.25) is 10.0 Å². The molecule has 6 heteroatoms. The molecule has 2 aliphatic rings. The van der Waals surface area contributed by atoms with Gasteiger partial charge in [-0.2, -0.15) is 4.31 Å². The second-order valence-electron chi connectivity index (χ2n) is 7.12. The lowest BCUT2D eigenvalue weighted by Crippen LogP contribution is -2.42. The average molecular weight is 372 g/mol. The zero-order chi connectivity index (χ0) is 18.1. The van der Waals surface area contributed by atoms with Gasteiger partial charge in [-0.05, 0) is 60.7 Å². The van der Waals surface area contributed by atoms with Crippen LogP contribution in [-0.4, -0.2) is 31.9 Å². The van der Waals surface area contributed by atoms with E-state index in [-0.39, 0.29) is 0 Å². The number of sulfonamides is 1. The Morgan fingerprint density at radius 2 is 1.81 bits per heavy atom. The van der Waals surface area contributed by atoms with Crippen molar-refractivity contribution < 1.29 is 13.2 Å². The van der Waals surface area contributed by atoms with Crippen LogP contribution in [0, 0.1) is 6.92 Å². The zero-order valence-electron chi connectivity index (χ0n) is 14.9. The first-order valence-corrected chi connectivity index (χ1v) is 10.5. The van der Waals surface area contributed by atoms with Gasteiger partial charge in [0, 0.05) is 24.8 Å². The van der Waals surface area contributed by atoms with Gasteiger partial charge >= 0.3 is 0 Å². The number of hydrogen-bond acceptors (Lipinski definition) is 4. The predicted octanol–water partition coefficient (Wildman–Crippen LogP) is 3.29. The molecular weight excluding hydrogens is 348 g/mol. The molecule has 26 heavy (non-hydrogen) atoms. The minimum absolute atomic E-state index is 0.302. The van der Waals surface area contributed by atoms with Crippen molar-refractivity contribution >= 4 is 15.7 Å². The van der Waals surface area contributed by atoms with E-state index in [1.807, 2.05) is 12.1 Å². The van der Waals surface area contributed by atoms with Crippen molar-refractivity contribution in [2.75, 3.05) is 18.4 Å². The van der Waals surface area contributed by atoms with Crippen molar-refractivity contribution in [1.82, 2.24) is 4.31 Å². The highest BCUT2D eigenvalue weighted by atomic mass is 32.2. The summed E-state index contributed by atoms with van der Waals surface area (Å²) in [5.74, 6) is 0.